The van der Waals surface area contributed by atoms with Crippen LogP contribution in [0.15, 0.2) is 0 Å². The molecule has 0 N–H and O–H groups in total. The molecule has 0 aromatic heterocycles. The molecule has 0 fully saturated rings. The third kappa shape index (κ3) is 29.9. The van der Waals surface area contributed by atoms with Gasteiger partial charge in [0.15, 0.2) is 0 Å². The normalized spacial score (nSPS) is 13.7. The van der Waals surface area contributed by atoms with Gasteiger partial charge in [0.25, 0.3) is 0 Å². The zero-order valence-electron chi connectivity index (χ0n) is 28.3. The fraction of sp³-hybridized carbons (Fsp3) is 0.944. The van der Waals surface area contributed by atoms with Crippen LogP contribution >= 0.6 is 0 Å². The van der Waals surface area contributed by atoms with Gasteiger partial charge in [-0.2, -0.15) is 0 Å². The highest BCUT2D eigenvalue weighted by Gasteiger charge is 2.16. The molecule has 2 unspecified atom stereocenters. The van der Waals surface area contributed by atoms with Gasteiger partial charge in [-0.05, 0) is 61.2 Å². The van der Waals surface area contributed by atoms with Gasteiger partial charge in [-0.15, -0.1) is 0 Å². The molecular formula is C36H70O4. The summed E-state index contributed by atoms with van der Waals surface area (Å²) in [5.41, 5.74) is 0.684. The van der Waals surface area contributed by atoms with Gasteiger partial charge in [0, 0.05) is 12.8 Å². The lowest BCUT2D eigenvalue weighted by molar-refractivity contribution is -0.145. The number of hydrogen-bond donors (Lipinski definition) is 0. The standard InChI is InChI=1S/C36H70O4/c1-31(29-35(3,4)5)25-27-39-33(37)23-21-19-17-15-13-11-9-10-12-14-16-18-20-22-24-34(38)40-28-26-32(2)30-36(6,7)8/h31-32H,9-30H2,1-8H3. The third-order valence-electron chi connectivity index (χ3n) is 7.68. The van der Waals surface area contributed by atoms with Crippen molar-refractivity contribution in [3.8, 4) is 0 Å². The topological polar surface area (TPSA) is 52.6 Å². The number of ether oxygens (including phenoxy) is 2. The van der Waals surface area contributed by atoms with Crippen LogP contribution in [0.5, 0.6) is 0 Å². The van der Waals surface area contributed by atoms with E-state index in [0.717, 1.165) is 38.5 Å². The molecule has 4 nitrogen and oxygen atoms in total. The second-order valence-electron chi connectivity index (χ2n) is 15.2. The molecule has 2 atom stereocenters. The second kappa shape index (κ2) is 23.5. The lowest BCUT2D eigenvalue weighted by atomic mass is 9.84. The Morgan fingerprint density at radius 1 is 0.475 bits per heavy atom. The minimum absolute atomic E-state index is 0.0161. The number of carbonyl (C=O) groups is 2. The van der Waals surface area contributed by atoms with Crippen LogP contribution < -0.4 is 0 Å². The van der Waals surface area contributed by atoms with Gasteiger partial charge >= 0.3 is 11.9 Å². The first-order valence-corrected chi connectivity index (χ1v) is 17.1. The largest absolute Gasteiger partial charge is 0.466 e. The molecule has 0 aromatic rings. The first-order chi connectivity index (χ1) is 18.8. The summed E-state index contributed by atoms with van der Waals surface area (Å²) in [7, 11) is 0. The Labute approximate surface area is 250 Å². The minimum Gasteiger partial charge on any atom is -0.466 e. The van der Waals surface area contributed by atoms with E-state index in [4.69, 9.17) is 9.47 Å². The molecule has 0 bridgehead atoms. The van der Waals surface area contributed by atoms with Crippen molar-refractivity contribution in [2.45, 2.75) is 184 Å². The van der Waals surface area contributed by atoms with Gasteiger partial charge in [0.2, 0.25) is 0 Å². The Kier molecular flexibility index (Phi) is 22.9. The number of esters is 2. The van der Waals surface area contributed by atoms with Crippen molar-refractivity contribution >= 4 is 11.9 Å². The molecule has 0 saturated heterocycles. The summed E-state index contributed by atoms with van der Waals surface area (Å²) < 4.78 is 10.9. The van der Waals surface area contributed by atoms with Gasteiger partial charge in [-0.25, -0.2) is 0 Å². The summed E-state index contributed by atoms with van der Waals surface area (Å²) in [6.07, 6.45) is 22.7. The average molecular weight is 567 g/mol. The minimum atomic E-state index is -0.0161. The van der Waals surface area contributed by atoms with E-state index >= 15 is 0 Å². The molecule has 0 aliphatic carbocycles. The van der Waals surface area contributed by atoms with Crippen molar-refractivity contribution in [2.24, 2.45) is 22.7 Å². The highest BCUT2D eigenvalue weighted by molar-refractivity contribution is 5.69. The van der Waals surface area contributed by atoms with Crippen LogP contribution in [0.25, 0.3) is 0 Å². The Morgan fingerprint density at radius 3 is 0.975 bits per heavy atom. The van der Waals surface area contributed by atoms with Crippen LogP contribution in [0.1, 0.15) is 184 Å². The van der Waals surface area contributed by atoms with Crippen molar-refractivity contribution in [3.05, 3.63) is 0 Å². The average Bonchev–Trinajstić information content (AvgIpc) is 2.81. The van der Waals surface area contributed by atoms with Crippen molar-refractivity contribution in [2.75, 3.05) is 13.2 Å². The molecule has 0 spiro atoms. The summed E-state index contributed by atoms with van der Waals surface area (Å²) in [5.74, 6) is 1.17. The van der Waals surface area contributed by atoms with Gasteiger partial charge < -0.3 is 9.47 Å². The molecule has 40 heavy (non-hydrogen) atoms. The van der Waals surface area contributed by atoms with E-state index in [2.05, 4.69) is 55.4 Å². The van der Waals surface area contributed by atoms with Gasteiger partial charge in [0.1, 0.15) is 0 Å². The molecular weight excluding hydrogens is 496 g/mol. The summed E-state index contributed by atoms with van der Waals surface area (Å²) in [4.78, 5) is 23.8. The smallest absolute Gasteiger partial charge is 0.305 e. The molecule has 0 heterocycles. The van der Waals surface area contributed by atoms with Gasteiger partial charge in [-0.1, -0.05) is 132 Å². The van der Waals surface area contributed by atoms with E-state index in [9.17, 15) is 9.59 Å². The van der Waals surface area contributed by atoms with Crippen LogP contribution in [0, 0.1) is 22.7 Å². The number of hydrogen-bond acceptors (Lipinski definition) is 4. The third-order valence-corrected chi connectivity index (χ3v) is 7.68. The Balaban J connectivity index is 3.36. The maximum Gasteiger partial charge on any atom is 0.305 e. The van der Waals surface area contributed by atoms with E-state index in [1.807, 2.05) is 0 Å². The quantitative estimate of drug-likeness (QED) is 0.0814. The van der Waals surface area contributed by atoms with Gasteiger partial charge in [0.05, 0.1) is 13.2 Å². The number of carbonyl (C=O) groups excluding carboxylic acids is 2. The lowest BCUT2D eigenvalue weighted by Gasteiger charge is -2.23. The van der Waals surface area contributed by atoms with E-state index < -0.39 is 0 Å². The van der Waals surface area contributed by atoms with Crippen molar-refractivity contribution < 1.29 is 19.1 Å². The molecule has 0 amide bonds. The molecule has 0 rings (SSSR count). The molecule has 0 aromatic carbocycles. The maximum absolute atomic E-state index is 11.9. The Hall–Kier alpha value is -1.06. The molecule has 0 radical (unpaired) electrons. The van der Waals surface area contributed by atoms with E-state index in [-0.39, 0.29) is 11.9 Å². The van der Waals surface area contributed by atoms with Crippen LogP contribution in [-0.4, -0.2) is 25.2 Å². The zero-order chi connectivity index (χ0) is 30.3. The number of rotatable bonds is 25. The van der Waals surface area contributed by atoms with Crippen molar-refractivity contribution in [1.82, 2.24) is 0 Å². The number of unbranched alkanes of at least 4 members (excludes halogenated alkanes) is 13. The molecule has 0 aliphatic heterocycles. The lowest BCUT2D eigenvalue weighted by Crippen LogP contribution is -2.14. The van der Waals surface area contributed by atoms with Crippen LogP contribution in [0.4, 0.5) is 0 Å². The van der Waals surface area contributed by atoms with Crippen LogP contribution in [0.3, 0.4) is 0 Å². The van der Waals surface area contributed by atoms with Crippen molar-refractivity contribution in [3.63, 3.8) is 0 Å². The summed E-state index contributed by atoms with van der Waals surface area (Å²) in [6, 6.07) is 0. The molecule has 0 aliphatic rings. The van der Waals surface area contributed by atoms with Crippen LogP contribution in [0.2, 0.25) is 0 Å². The predicted octanol–water partition coefficient (Wildman–Crippen LogP) is 11.2. The summed E-state index contributed by atoms with van der Waals surface area (Å²) in [5, 5.41) is 0. The monoisotopic (exact) mass is 567 g/mol. The highest BCUT2D eigenvalue weighted by atomic mass is 16.5. The first-order valence-electron chi connectivity index (χ1n) is 17.1. The Bertz CT molecular complexity index is 559. The molecule has 0 saturated carbocycles. The van der Waals surface area contributed by atoms with E-state index in [0.29, 0.717) is 48.7 Å². The zero-order valence-corrected chi connectivity index (χ0v) is 28.3. The molecule has 4 heteroatoms. The van der Waals surface area contributed by atoms with Crippen LogP contribution in [-0.2, 0) is 19.1 Å². The van der Waals surface area contributed by atoms with Crippen molar-refractivity contribution in [1.29, 1.82) is 0 Å². The first kappa shape index (κ1) is 38.9. The highest BCUT2D eigenvalue weighted by Crippen LogP contribution is 2.26. The van der Waals surface area contributed by atoms with E-state index in [1.165, 1.54) is 77.0 Å². The summed E-state index contributed by atoms with van der Waals surface area (Å²) >= 11 is 0. The Morgan fingerprint density at radius 2 is 0.725 bits per heavy atom. The fourth-order valence-corrected chi connectivity index (χ4v) is 5.85. The summed E-state index contributed by atoms with van der Waals surface area (Å²) in [6.45, 7) is 19.2. The molecule has 238 valence electrons. The van der Waals surface area contributed by atoms with E-state index in [1.54, 1.807) is 0 Å². The second-order valence-corrected chi connectivity index (χ2v) is 15.2. The SMILES string of the molecule is CC(CCOC(=O)CCCCCCCCCCCCCCCCC(=O)OCCC(C)CC(C)(C)C)CC(C)(C)C. The predicted molar refractivity (Wildman–Crippen MR) is 171 cm³/mol. The fourth-order valence-electron chi connectivity index (χ4n) is 5.85. The maximum atomic E-state index is 11.9. The van der Waals surface area contributed by atoms with Gasteiger partial charge in [-0.3, -0.25) is 9.59 Å².